The number of esters is 1. The highest BCUT2D eigenvalue weighted by Crippen LogP contribution is 2.39. The maximum absolute atomic E-state index is 11.6. The molecule has 4 rings (SSSR count). The molecule has 2 saturated heterocycles. The molecule has 2 aliphatic rings. The van der Waals surface area contributed by atoms with Gasteiger partial charge in [-0.1, -0.05) is 35.3 Å². The van der Waals surface area contributed by atoms with E-state index >= 15 is 0 Å². The molecule has 1 aromatic carbocycles. The van der Waals surface area contributed by atoms with Gasteiger partial charge in [0.05, 0.1) is 28.8 Å². The summed E-state index contributed by atoms with van der Waals surface area (Å²) in [7, 11) is 1.46. The summed E-state index contributed by atoms with van der Waals surface area (Å²) in [5.41, 5.74) is 3.23. The molecule has 0 N–H and O–H groups in total. The topological polar surface area (TPSA) is 45.7 Å². The fraction of sp³-hybridized carbons (Fsp3) is 0.455. The second-order valence-electron chi connectivity index (χ2n) is 7.84. The number of anilines is 1. The highest BCUT2D eigenvalue weighted by molar-refractivity contribution is 6.39. The van der Waals surface area contributed by atoms with Gasteiger partial charge in [0.2, 0.25) is 0 Å². The van der Waals surface area contributed by atoms with Gasteiger partial charge in [-0.3, -0.25) is 14.7 Å². The molecule has 29 heavy (non-hydrogen) atoms. The van der Waals surface area contributed by atoms with Crippen molar-refractivity contribution in [1.29, 1.82) is 0 Å². The number of benzene rings is 1. The Hall–Kier alpha value is -1.82. The van der Waals surface area contributed by atoms with Crippen LogP contribution >= 0.6 is 23.2 Å². The van der Waals surface area contributed by atoms with E-state index in [4.69, 9.17) is 32.9 Å². The van der Waals surface area contributed by atoms with Crippen molar-refractivity contribution in [1.82, 2.24) is 9.88 Å². The van der Waals surface area contributed by atoms with Crippen LogP contribution in [0.4, 0.5) is 5.69 Å². The quantitative estimate of drug-likeness (QED) is 0.654. The number of para-hydroxylation sites is 1. The molecule has 0 bridgehead atoms. The molecule has 0 saturated carbocycles. The van der Waals surface area contributed by atoms with Gasteiger partial charge in [0.1, 0.15) is 0 Å². The molecule has 5 nitrogen and oxygen atoms in total. The average molecular weight is 434 g/mol. The normalized spacial score (nSPS) is 18.5. The summed E-state index contributed by atoms with van der Waals surface area (Å²) in [6.45, 7) is 4.44. The number of aromatic nitrogens is 1. The predicted octanol–water partition coefficient (Wildman–Crippen LogP) is 4.38. The van der Waals surface area contributed by atoms with Crippen LogP contribution in [0.15, 0.2) is 36.5 Å². The Balaban J connectivity index is 1.29. The van der Waals surface area contributed by atoms with Crippen LogP contribution in [0.3, 0.4) is 0 Å². The molecule has 0 radical (unpaired) electrons. The Morgan fingerprint density at radius 2 is 1.83 bits per heavy atom. The molecule has 2 fully saturated rings. The van der Waals surface area contributed by atoms with Crippen molar-refractivity contribution in [3.8, 4) is 0 Å². The predicted molar refractivity (Wildman–Crippen MR) is 116 cm³/mol. The van der Waals surface area contributed by atoms with Gasteiger partial charge in [-0.05, 0) is 49.7 Å². The molecular formula is C22H25Cl2N3O2. The molecule has 0 unspecified atom stereocenters. The maximum Gasteiger partial charge on any atom is 0.308 e. The molecule has 3 heterocycles. The number of hydrogen-bond donors (Lipinski definition) is 0. The lowest BCUT2D eigenvalue weighted by Crippen LogP contribution is -2.45. The van der Waals surface area contributed by atoms with E-state index in [0.29, 0.717) is 16.0 Å². The fourth-order valence-electron chi connectivity index (χ4n) is 4.16. The Morgan fingerprint density at radius 1 is 1.14 bits per heavy atom. The first-order chi connectivity index (χ1) is 14.0. The molecule has 7 heteroatoms. The number of rotatable bonds is 5. The molecule has 0 aliphatic carbocycles. The van der Waals surface area contributed by atoms with Crippen LogP contribution in [-0.2, 0) is 16.1 Å². The Morgan fingerprint density at radius 3 is 2.41 bits per heavy atom. The summed E-state index contributed by atoms with van der Waals surface area (Å²) in [4.78, 5) is 20.9. The van der Waals surface area contributed by atoms with Crippen molar-refractivity contribution < 1.29 is 9.53 Å². The third-order valence-electron chi connectivity index (χ3n) is 5.93. The number of halogens is 2. The summed E-state index contributed by atoms with van der Waals surface area (Å²) >= 11 is 12.6. The minimum absolute atomic E-state index is 0.0462. The molecule has 0 spiro atoms. The lowest BCUT2D eigenvalue weighted by Gasteiger charge is -2.41. The zero-order valence-corrected chi connectivity index (χ0v) is 18.0. The van der Waals surface area contributed by atoms with Gasteiger partial charge in [-0.2, -0.15) is 0 Å². The van der Waals surface area contributed by atoms with E-state index in [-0.39, 0.29) is 11.9 Å². The van der Waals surface area contributed by atoms with Gasteiger partial charge in [-0.15, -0.1) is 0 Å². The third-order valence-corrected chi connectivity index (χ3v) is 6.54. The first-order valence-electron chi connectivity index (χ1n) is 9.99. The van der Waals surface area contributed by atoms with Crippen LogP contribution < -0.4 is 4.90 Å². The third kappa shape index (κ3) is 4.52. The molecule has 0 atom stereocenters. The van der Waals surface area contributed by atoms with Gasteiger partial charge in [0.25, 0.3) is 0 Å². The second kappa shape index (κ2) is 8.90. The summed E-state index contributed by atoms with van der Waals surface area (Å²) in [5, 5.41) is 1.38. The SMILES string of the molecule is COC(=O)C1CCN(Cc2ccc(C3CN(c4c(Cl)cccc4Cl)C3)nc2)CC1. The van der Waals surface area contributed by atoms with Gasteiger partial charge in [0.15, 0.2) is 0 Å². The van der Waals surface area contributed by atoms with E-state index in [1.54, 1.807) is 0 Å². The number of hydrogen-bond acceptors (Lipinski definition) is 5. The minimum Gasteiger partial charge on any atom is -0.469 e. The standard InChI is InChI=1S/C22H25Cl2N3O2/c1-29-22(28)16-7-9-26(10-8-16)12-15-5-6-20(25-11-15)17-13-27(14-17)21-18(23)3-2-4-19(21)24/h2-6,11,16-17H,7-10,12-14H2,1H3. The Bertz CT molecular complexity index is 841. The maximum atomic E-state index is 11.6. The van der Waals surface area contributed by atoms with Crippen LogP contribution in [0.2, 0.25) is 10.0 Å². The lowest BCUT2D eigenvalue weighted by molar-refractivity contribution is -0.147. The van der Waals surface area contributed by atoms with E-state index in [1.807, 2.05) is 24.4 Å². The number of carbonyl (C=O) groups is 1. The summed E-state index contributed by atoms with van der Waals surface area (Å²) in [6, 6.07) is 9.91. The number of carbonyl (C=O) groups excluding carboxylic acids is 1. The Kier molecular flexibility index (Phi) is 6.28. The largest absolute Gasteiger partial charge is 0.469 e. The molecule has 154 valence electrons. The minimum atomic E-state index is -0.0803. The first kappa shape index (κ1) is 20.5. The second-order valence-corrected chi connectivity index (χ2v) is 8.65. The van der Waals surface area contributed by atoms with Crippen LogP contribution in [0.1, 0.15) is 30.0 Å². The molecule has 2 aliphatic heterocycles. The van der Waals surface area contributed by atoms with Crippen molar-refractivity contribution >= 4 is 34.9 Å². The average Bonchev–Trinajstić information content (AvgIpc) is 2.70. The summed E-state index contributed by atoms with van der Waals surface area (Å²) < 4.78 is 4.86. The zero-order valence-electron chi connectivity index (χ0n) is 16.5. The number of ether oxygens (including phenoxy) is 1. The highest BCUT2D eigenvalue weighted by atomic mass is 35.5. The van der Waals surface area contributed by atoms with Gasteiger partial charge >= 0.3 is 5.97 Å². The number of nitrogens with zero attached hydrogens (tertiary/aromatic N) is 3. The van der Waals surface area contributed by atoms with E-state index < -0.39 is 0 Å². The van der Waals surface area contributed by atoms with Crippen LogP contribution in [-0.4, -0.2) is 49.1 Å². The lowest BCUT2D eigenvalue weighted by atomic mass is 9.94. The molecule has 0 amide bonds. The zero-order chi connectivity index (χ0) is 20.4. The molecule has 1 aromatic heterocycles. The number of methoxy groups -OCH3 is 1. The fourth-order valence-corrected chi connectivity index (χ4v) is 4.80. The van der Waals surface area contributed by atoms with Crippen LogP contribution in [0.25, 0.3) is 0 Å². The van der Waals surface area contributed by atoms with Crippen molar-refractivity contribution in [3.63, 3.8) is 0 Å². The van der Waals surface area contributed by atoms with Gasteiger partial charge in [0, 0.05) is 37.4 Å². The van der Waals surface area contributed by atoms with E-state index in [2.05, 4.69) is 21.9 Å². The monoisotopic (exact) mass is 433 g/mol. The van der Waals surface area contributed by atoms with Crippen molar-refractivity contribution in [2.75, 3.05) is 38.2 Å². The number of piperidine rings is 1. The summed E-state index contributed by atoms with van der Waals surface area (Å²) in [6.07, 6.45) is 3.70. The molecular weight excluding hydrogens is 409 g/mol. The molecule has 2 aromatic rings. The summed E-state index contributed by atoms with van der Waals surface area (Å²) in [5.74, 6) is 0.361. The number of likely N-dealkylation sites (tertiary alicyclic amines) is 1. The first-order valence-corrected chi connectivity index (χ1v) is 10.7. The number of pyridine rings is 1. The van der Waals surface area contributed by atoms with E-state index in [9.17, 15) is 4.79 Å². The van der Waals surface area contributed by atoms with E-state index in [0.717, 1.165) is 56.9 Å². The highest BCUT2D eigenvalue weighted by Gasteiger charge is 2.31. The van der Waals surface area contributed by atoms with Crippen LogP contribution in [0, 0.1) is 5.92 Å². The van der Waals surface area contributed by atoms with Crippen molar-refractivity contribution in [2.24, 2.45) is 5.92 Å². The van der Waals surface area contributed by atoms with Crippen molar-refractivity contribution in [3.05, 3.63) is 57.8 Å². The Labute approximate surface area is 181 Å². The van der Waals surface area contributed by atoms with Gasteiger partial charge < -0.3 is 9.64 Å². The smallest absolute Gasteiger partial charge is 0.308 e. The van der Waals surface area contributed by atoms with Gasteiger partial charge in [-0.25, -0.2) is 0 Å². The van der Waals surface area contributed by atoms with Crippen molar-refractivity contribution in [2.45, 2.75) is 25.3 Å². The van der Waals surface area contributed by atoms with E-state index in [1.165, 1.54) is 12.7 Å². The van der Waals surface area contributed by atoms with Crippen LogP contribution in [0.5, 0.6) is 0 Å².